The summed E-state index contributed by atoms with van der Waals surface area (Å²) in [5.74, 6) is 0.306. The normalized spacial score (nSPS) is 15.3. The molecule has 0 bridgehead atoms. The highest BCUT2D eigenvalue weighted by atomic mass is 16.6. The molecule has 0 aliphatic carbocycles. The number of nitro groups is 1. The molecule has 0 saturated carbocycles. The summed E-state index contributed by atoms with van der Waals surface area (Å²) >= 11 is 0. The number of hydrogen-bond donors (Lipinski definition) is 1. The van der Waals surface area contributed by atoms with E-state index >= 15 is 0 Å². The van der Waals surface area contributed by atoms with E-state index < -0.39 is 10.8 Å². The van der Waals surface area contributed by atoms with Gasteiger partial charge in [-0.2, -0.15) is 0 Å². The first-order valence-electron chi connectivity index (χ1n) is 10.9. The van der Waals surface area contributed by atoms with Gasteiger partial charge in [0.05, 0.1) is 16.5 Å². The number of rotatable bonds is 6. The average molecular weight is 460 g/mol. The number of anilines is 2. The predicted molar refractivity (Wildman–Crippen MR) is 129 cm³/mol. The molecule has 8 heteroatoms. The minimum atomic E-state index is -0.556. The Morgan fingerprint density at radius 2 is 1.65 bits per heavy atom. The van der Waals surface area contributed by atoms with Gasteiger partial charge in [-0.3, -0.25) is 19.7 Å². The van der Waals surface area contributed by atoms with Crippen LogP contribution < -0.4 is 15.0 Å². The summed E-state index contributed by atoms with van der Waals surface area (Å²) in [6.45, 7) is 5.87. The molecule has 8 nitrogen and oxygen atoms in total. The molecule has 0 spiro atoms. The average Bonchev–Trinajstić information content (AvgIpc) is 3.19. The van der Waals surface area contributed by atoms with Gasteiger partial charge in [-0.05, 0) is 74.4 Å². The Morgan fingerprint density at radius 1 is 0.971 bits per heavy atom. The SMILES string of the molecule is Cc1ccc(Oc2ccc(NC(=O)[C@H]3CC(=O)N(c4ccc(C)c([N+](=O)[O-])c4)C3)cc2)cc1C. The van der Waals surface area contributed by atoms with Crippen molar-refractivity contribution in [1.29, 1.82) is 0 Å². The largest absolute Gasteiger partial charge is 0.457 e. The number of hydrogen-bond acceptors (Lipinski definition) is 5. The number of amides is 2. The zero-order valence-electron chi connectivity index (χ0n) is 19.2. The van der Waals surface area contributed by atoms with Crippen LogP contribution in [0.1, 0.15) is 23.1 Å². The second-order valence-corrected chi connectivity index (χ2v) is 8.50. The van der Waals surface area contributed by atoms with Gasteiger partial charge >= 0.3 is 0 Å². The van der Waals surface area contributed by atoms with Crippen LogP contribution in [0.15, 0.2) is 60.7 Å². The van der Waals surface area contributed by atoms with Crippen LogP contribution >= 0.6 is 0 Å². The predicted octanol–water partition coefficient (Wildman–Crippen LogP) is 5.30. The highest BCUT2D eigenvalue weighted by Gasteiger charge is 2.35. The number of benzene rings is 3. The van der Waals surface area contributed by atoms with Crippen LogP contribution in [-0.2, 0) is 9.59 Å². The lowest BCUT2D eigenvalue weighted by Gasteiger charge is -2.17. The van der Waals surface area contributed by atoms with Gasteiger partial charge in [0.25, 0.3) is 5.69 Å². The van der Waals surface area contributed by atoms with Crippen molar-refractivity contribution in [2.75, 3.05) is 16.8 Å². The maximum atomic E-state index is 12.8. The van der Waals surface area contributed by atoms with Crippen LogP contribution in [-0.4, -0.2) is 23.3 Å². The monoisotopic (exact) mass is 459 g/mol. The Morgan fingerprint density at radius 3 is 2.32 bits per heavy atom. The number of carbonyl (C=O) groups is 2. The minimum absolute atomic E-state index is 0.0431. The van der Waals surface area contributed by atoms with E-state index in [1.165, 1.54) is 16.5 Å². The van der Waals surface area contributed by atoms with Crippen molar-refractivity contribution >= 4 is 28.9 Å². The second-order valence-electron chi connectivity index (χ2n) is 8.50. The maximum absolute atomic E-state index is 12.8. The summed E-state index contributed by atoms with van der Waals surface area (Å²) in [5, 5.41) is 14.1. The molecule has 0 unspecified atom stereocenters. The van der Waals surface area contributed by atoms with Crippen LogP contribution in [0.25, 0.3) is 0 Å². The zero-order chi connectivity index (χ0) is 24.4. The number of nitrogens with one attached hydrogen (secondary N) is 1. The first kappa shape index (κ1) is 23.0. The Kier molecular flexibility index (Phi) is 6.32. The van der Waals surface area contributed by atoms with E-state index in [2.05, 4.69) is 5.32 Å². The molecule has 2 amide bonds. The first-order chi connectivity index (χ1) is 16.2. The summed E-state index contributed by atoms with van der Waals surface area (Å²) in [7, 11) is 0. The molecule has 34 heavy (non-hydrogen) atoms. The fourth-order valence-electron chi connectivity index (χ4n) is 3.86. The molecule has 1 N–H and O–H groups in total. The summed E-state index contributed by atoms with van der Waals surface area (Å²) in [5.41, 5.74) is 3.80. The van der Waals surface area contributed by atoms with Crippen molar-refractivity contribution in [2.45, 2.75) is 27.2 Å². The van der Waals surface area contributed by atoms with Crippen LogP contribution in [0.3, 0.4) is 0 Å². The Labute approximate surface area is 197 Å². The van der Waals surface area contributed by atoms with Crippen LogP contribution in [0.4, 0.5) is 17.1 Å². The lowest BCUT2D eigenvalue weighted by Crippen LogP contribution is -2.28. The number of nitro benzene ring substituents is 1. The van der Waals surface area contributed by atoms with Gasteiger partial charge in [-0.1, -0.05) is 12.1 Å². The van der Waals surface area contributed by atoms with E-state index in [4.69, 9.17) is 4.74 Å². The molecule has 1 aliphatic heterocycles. The molecule has 4 rings (SSSR count). The van der Waals surface area contributed by atoms with Crippen LogP contribution in [0.2, 0.25) is 0 Å². The van der Waals surface area contributed by atoms with E-state index in [0.717, 1.165) is 11.3 Å². The Hall–Kier alpha value is -4.20. The van der Waals surface area contributed by atoms with E-state index in [1.54, 1.807) is 43.3 Å². The van der Waals surface area contributed by atoms with Gasteiger partial charge in [0.2, 0.25) is 11.8 Å². The maximum Gasteiger partial charge on any atom is 0.274 e. The Bertz CT molecular complexity index is 1270. The highest BCUT2D eigenvalue weighted by Crippen LogP contribution is 2.31. The van der Waals surface area contributed by atoms with Crippen molar-refractivity contribution < 1.29 is 19.2 Å². The van der Waals surface area contributed by atoms with Gasteiger partial charge in [0.1, 0.15) is 11.5 Å². The summed E-state index contributed by atoms with van der Waals surface area (Å²) < 4.78 is 5.87. The molecule has 0 radical (unpaired) electrons. The van der Waals surface area contributed by atoms with Gasteiger partial charge in [-0.15, -0.1) is 0 Å². The first-order valence-corrected chi connectivity index (χ1v) is 10.9. The second kappa shape index (κ2) is 9.35. The third-order valence-corrected chi connectivity index (χ3v) is 6.03. The summed E-state index contributed by atoms with van der Waals surface area (Å²) in [6.07, 6.45) is 0.0431. The van der Waals surface area contributed by atoms with Gasteiger partial charge in [-0.25, -0.2) is 0 Å². The zero-order valence-corrected chi connectivity index (χ0v) is 19.2. The molecule has 0 aromatic heterocycles. The smallest absolute Gasteiger partial charge is 0.274 e. The van der Waals surface area contributed by atoms with Crippen LogP contribution in [0, 0.1) is 36.8 Å². The Balaban J connectivity index is 1.39. The van der Waals surface area contributed by atoms with Gasteiger partial charge in [0, 0.05) is 30.3 Å². The standard InChI is InChI=1S/C26H25N3O5/c1-16-5-9-23(12-18(16)3)34-22-10-6-20(7-11-22)27-26(31)19-13-25(30)28(15-19)21-8-4-17(2)24(14-21)29(32)33/h4-12,14,19H,13,15H2,1-3H3,(H,27,31)/t19-/m0/s1. The van der Waals surface area contributed by atoms with E-state index in [0.29, 0.717) is 22.7 Å². The highest BCUT2D eigenvalue weighted by molar-refractivity contribution is 6.03. The molecule has 174 valence electrons. The van der Waals surface area contributed by atoms with Crippen molar-refractivity contribution in [3.05, 3.63) is 87.5 Å². The lowest BCUT2D eigenvalue weighted by atomic mass is 10.1. The van der Waals surface area contributed by atoms with Crippen molar-refractivity contribution in [1.82, 2.24) is 0 Å². The lowest BCUT2D eigenvalue weighted by molar-refractivity contribution is -0.385. The number of carbonyl (C=O) groups excluding carboxylic acids is 2. The molecule has 1 heterocycles. The molecule has 1 saturated heterocycles. The van der Waals surface area contributed by atoms with Crippen molar-refractivity contribution in [3.63, 3.8) is 0 Å². The third kappa shape index (κ3) is 4.91. The summed E-state index contributed by atoms with van der Waals surface area (Å²) in [6, 6.07) is 17.5. The third-order valence-electron chi connectivity index (χ3n) is 6.03. The van der Waals surface area contributed by atoms with E-state index in [9.17, 15) is 19.7 Å². The molecule has 1 fully saturated rings. The minimum Gasteiger partial charge on any atom is -0.457 e. The fraction of sp³-hybridized carbons (Fsp3) is 0.231. The van der Waals surface area contributed by atoms with Gasteiger partial charge < -0.3 is 15.0 Å². The number of nitrogens with zero attached hydrogens (tertiary/aromatic N) is 2. The van der Waals surface area contributed by atoms with Crippen LogP contribution in [0.5, 0.6) is 11.5 Å². The van der Waals surface area contributed by atoms with Crippen molar-refractivity contribution in [3.8, 4) is 11.5 Å². The quantitative estimate of drug-likeness (QED) is 0.398. The number of ether oxygens (including phenoxy) is 1. The molecule has 3 aromatic rings. The molecule has 1 aliphatic rings. The number of aryl methyl sites for hydroxylation is 3. The van der Waals surface area contributed by atoms with E-state index in [-0.39, 0.29) is 30.5 Å². The molecular formula is C26H25N3O5. The molecular weight excluding hydrogens is 434 g/mol. The van der Waals surface area contributed by atoms with Gasteiger partial charge in [0.15, 0.2) is 0 Å². The summed E-state index contributed by atoms with van der Waals surface area (Å²) in [4.78, 5) is 37.5. The van der Waals surface area contributed by atoms with E-state index in [1.807, 2.05) is 32.0 Å². The molecule has 3 aromatic carbocycles. The topological polar surface area (TPSA) is 102 Å². The molecule has 1 atom stereocenters. The fourth-order valence-corrected chi connectivity index (χ4v) is 3.86. The van der Waals surface area contributed by atoms with Crippen molar-refractivity contribution in [2.24, 2.45) is 5.92 Å².